The first-order valence-electron chi connectivity index (χ1n) is 9.27. The molecule has 0 aromatic heterocycles. The van der Waals surface area contributed by atoms with Crippen LogP contribution < -0.4 is 5.32 Å². The predicted octanol–water partition coefficient (Wildman–Crippen LogP) is 0.997. The average Bonchev–Trinajstić information content (AvgIpc) is 3.18. The van der Waals surface area contributed by atoms with Crippen LogP contribution in [0, 0.1) is 5.92 Å². The number of methoxy groups -OCH3 is 1. The van der Waals surface area contributed by atoms with Gasteiger partial charge in [-0.05, 0) is 37.9 Å². The second-order valence-electron chi connectivity index (χ2n) is 8.11. The molecular formula is C20H24N2O4. The van der Waals surface area contributed by atoms with Crippen molar-refractivity contribution < 1.29 is 19.7 Å². The molecule has 5 atom stereocenters. The fourth-order valence-corrected chi connectivity index (χ4v) is 5.95. The molecule has 1 spiro atoms. The zero-order valence-electron chi connectivity index (χ0n) is 15.0. The van der Waals surface area contributed by atoms with Gasteiger partial charge in [-0.25, -0.2) is 4.79 Å². The third kappa shape index (κ3) is 1.70. The normalized spacial score (nSPS) is 38.5. The summed E-state index contributed by atoms with van der Waals surface area (Å²) in [6, 6.07) is 8.43. The molecule has 0 amide bonds. The molecule has 6 heteroatoms. The SMILES string of the molecule is COC(=O)C1=C2Nc3ccccc3[C@]23CCN2C[C@@](O)([C@H](C)O)[C@@H]1C[C@H]23. The van der Waals surface area contributed by atoms with E-state index in [-0.39, 0.29) is 11.5 Å². The third-order valence-corrected chi connectivity index (χ3v) is 7.18. The number of nitrogens with one attached hydrogen (secondary N) is 1. The highest BCUT2D eigenvalue weighted by molar-refractivity contribution is 5.94. The first kappa shape index (κ1) is 16.3. The number of esters is 1. The average molecular weight is 356 g/mol. The van der Waals surface area contributed by atoms with Crippen molar-refractivity contribution in [3.63, 3.8) is 0 Å². The molecule has 0 unspecified atom stereocenters. The number of anilines is 1. The summed E-state index contributed by atoms with van der Waals surface area (Å²) >= 11 is 0. The second kappa shape index (κ2) is 5.09. The molecule has 138 valence electrons. The Morgan fingerprint density at radius 2 is 2.19 bits per heavy atom. The van der Waals surface area contributed by atoms with Gasteiger partial charge in [-0.15, -0.1) is 0 Å². The number of para-hydroxylation sites is 1. The Labute approximate surface area is 152 Å². The van der Waals surface area contributed by atoms with E-state index in [1.54, 1.807) is 6.92 Å². The molecule has 5 rings (SSSR count). The molecule has 2 fully saturated rings. The van der Waals surface area contributed by atoms with E-state index in [9.17, 15) is 15.0 Å². The van der Waals surface area contributed by atoms with Crippen molar-refractivity contribution in [2.75, 3.05) is 25.5 Å². The van der Waals surface area contributed by atoms with Crippen LogP contribution in [0.2, 0.25) is 0 Å². The van der Waals surface area contributed by atoms with Crippen molar-refractivity contribution in [3.05, 3.63) is 41.1 Å². The van der Waals surface area contributed by atoms with Gasteiger partial charge in [0.2, 0.25) is 0 Å². The van der Waals surface area contributed by atoms with Gasteiger partial charge in [0.25, 0.3) is 0 Å². The zero-order valence-corrected chi connectivity index (χ0v) is 15.0. The lowest BCUT2D eigenvalue weighted by Crippen LogP contribution is -2.66. The molecule has 2 saturated heterocycles. The summed E-state index contributed by atoms with van der Waals surface area (Å²) in [5, 5.41) is 25.2. The van der Waals surface area contributed by atoms with E-state index in [0.29, 0.717) is 18.5 Å². The molecule has 1 aromatic carbocycles. The summed E-state index contributed by atoms with van der Waals surface area (Å²) in [6.07, 6.45) is 0.594. The topological polar surface area (TPSA) is 82.0 Å². The zero-order chi connectivity index (χ0) is 18.3. The number of nitrogens with zero attached hydrogens (tertiary/aromatic N) is 1. The number of hydrogen-bond acceptors (Lipinski definition) is 6. The van der Waals surface area contributed by atoms with Crippen molar-refractivity contribution in [1.29, 1.82) is 0 Å². The molecule has 26 heavy (non-hydrogen) atoms. The van der Waals surface area contributed by atoms with Crippen LogP contribution in [0.5, 0.6) is 0 Å². The Kier molecular flexibility index (Phi) is 3.19. The van der Waals surface area contributed by atoms with E-state index in [4.69, 9.17) is 4.74 Å². The molecular weight excluding hydrogens is 332 g/mol. The van der Waals surface area contributed by atoms with Crippen LogP contribution in [0.15, 0.2) is 35.5 Å². The Morgan fingerprint density at radius 1 is 1.42 bits per heavy atom. The summed E-state index contributed by atoms with van der Waals surface area (Å²) in [5.41, 5.74) is 2.01. The number of aliphatic hydroxyl groups is 2. The highest BCUT2D eigenvalue weighted by Crippen LogP contribution is 2.62. The molecule has 0 radical (unpaired) electrons. The van der Waals surface area contributed by atoms with Gasteiger partial charge >= 0.3 is 5.97 Å². The lowest BCUT2D eigenvalue weighted by Gasteiger charge is -2.54. The van der Waals surface area contributed by atoms with Crippen LogP contribution in [0.3, 0.4) is 0 Å². The van der Waals surface area contributed by atoms with Crippen LogP contribution in [0.1, 0.15) is 25.3 Å². The van der Waals surface area contributed by atoms with Gasteiger partial charge < -0.3 is 20.3 Å². The monoisotopic (exact) mass is 356 g/mol. The van der Waals surface area contributed by atoms with Gasteiger partial charge in [0.05, 0.1) is 24.2 Å². The fourth-order valence-electron chi connectivity index (χ4n) is 5.95. The predicted molar refractivity (Wildman–Crippen MR) is 95.5 cm³/mol. The van der Waals surface area contributed by atoms with Crippen LogP contribution in [-0.2, 0) is 14.9 Å². The van der Waals surface area contributed by atoms with E-state index < -0.39 is 23.6 Å². The minimum atomic E-state index is -1.36. The first-order chi connectivity index (χ1) is 12.4. The van der Waals surface area contributed by atoms with Crippen molar-refractivity contribution in [2.24, 2.45) is 5.92 Å². The summed E-state index contributed by atoms with van der Waals surface area (Å²) in [6.45, 7) is 2.81. The molecule has 3 aliphatic heterocycles. The number of benzene rings is 1. The quantitative estimate of drug-likeness (QED) is 0.686. The van der Waals surface area contributed by atoms with Crippen LogP contribution in [-0.4, -0.2) is 59.0 Å². The summed E-state index contributed by atoms with van der Waals surface area (Å²) in [5.74, 6) is -0.859. The summed E-state index contributed by atoms with van der Waals surface area (Å²) in [7, 11) is 1.38. The third-order valence-electron chi connectivity index (χ3n) is 7.18. The van der Waals surface area contributed by atoms with Crippen molar-refractivity contribution in [1.82, 2.24) is 4.90 Å². The van der Waals surface area contributed by atoms with Crippen LogP contribution in [0.25, 0.3) is 0 Å². The van der Waals surface area contributed by atoms with Crippen LogP contribution >= 0.6 is 0 Å². The summed E-state index contributed by atoms with van der Waals surface area (Å²) < 4.78 is 5.12. The lowest BCUT2D eigenvalue weighted by molar-refractivity contribution is -0.157. The maximum atomic E-state index is 12.8. The molecule has 0 saturated carbocycles. The number of rotatable bonds is 2. The Bertz CT molecular complexity index is 835. The fraction of sp³-hybridized carbons (Fsp3) is 0.550. The maximum absolute atomic E-state index is 12.8. The lowest BCUT2D eigenvalue weighted by atomic mass is 9.58. The number of fused-ring (bicyclic) bond motifs is 2. The number of piperidine rings is 1. The number of carbonyl (C=O) groups excluding carboxylic acids is 1. The maximum Gasteiger partial charge on any atom is 0.335 e. The molecule has 4 aliphatic rings. The molecule has 2 bridgehead atoms. The van der Waals surface area contributed by atoms with Gasteiger partial charge in [0, 0.05) is 29.9 Å². The van der Waals surface area contributed by atoms with Crippen molar-refractivity contribution in [2.45, 2.75) is 42.9 Å². The minimum Gasteiger partial charge on any atom is -0.466 e. The Balaban J connectivity index is 1.80. The summed E-state index contributed by atoms with van der Waals surface area (Å²) in [4.78, 5) is 15.1. The van der Waals surface area contributed by atoms with Gasteiger partial charge in [0.1, 0.15) is 5.60 Å². The number of hydrogen-bond donors (Lipinski definition) is 3. The highest BCUT2D eigenvalue weighted by atomic mass is 16.5. The van der Waals surface area contributed by atoms with Gasteiger partial charge in [0.15, 0.2) is 0 Å². The minimum absolute atomic E-state index is 0.214. The van der Waals surface area contributed by atoms with Crippen molar-refractivity contribution in [3.8, 4) is 0 Å². The van der Waals surface area contributed by atoms with E-state index in [1.165, 1.54) is 12.7 Å². The van der Waals surface area contributed by atoms with E-state index in [0.717, 1.165) is 24.4 Å². The number of aliphatic hydroxyl groups excluding tert-OH is 1. The molecule has 1 aromatic rings. The molecule has 1 aliphatic carbocycles. The number of ether oxygens (including phenoxy) is 1. The molecule has 6 nitrogen and oxygen atoms in total. The molecule has 3 N–H and O–H groups in total. The second-order valence-corrected chi connectivity index (χ2v) is 8.11. The van der Waals surface area contributed by atoms with E-state index >= 15 is 0 Å². The first-order valence-corrected chi connectivity index (χ1v) is 9.27. The van der Waals surface area contributed by atoms with Gasteiger partial charge in [-0.1, -0.05) is 18.2 Å². The Hall–Kier alpha value is -1.89. The van der Waals surface area contributed by atoms with E-state index in [1.807, 2.05) is 18.2 Å². The Morgan fingerprint density at radius 3 is 2.92 bits per heavy atom. The smallest absolute Gasteiger partial charge is 0.335 e. The van der Waals surface area contributed by atoms with Crippen molar-refractivity contribution >= 4 is 11.7 Å². The van der Waals surface area contributed by atoms with E-state index in [2.05, 4.69) is 16.3 Å². The molecule has 3 heterocycles. The highest BCUT2D eigenvalue weighted by Gasteiger charge is 2.66. The standard InChI is InChI=1S/C20H24N2O4/c1-11(23)20(25)10-22-8-7-19-12-5-3-4-6-14(12)21-17(19)16(18(24)26-2)13(20)9-15(19)22/h3-6,11,13,15,21,23,25H,7-10H2,1-2H3/t11-,13+,15-,19-,20+/m0/s1. The van der Waals surface area contributed by atoms with Gasteiger partial charge in [-0.3, -0.25) is 4.90 Å². The van der Waals surface area contributed by atoms with Crippen LogP contribution in [0.4, 0.5) is 5.69 Å². The van der Waals surface area contributed by atoms with Gasteiger partial charge in [-0.2, -0.15) is 0 Å². The largest absolute Gasteiger partial charge is 0.466 e. The number of carbonyl (C=O) groups is 1.